The van der Waals surface area contributed by atoms with E-state index in [2.05, 4.69) is 19.2 Å². The van der Waals surface area contributed by atoms with E-state index in [9.17, 15) is 5.11 Å². The number of hydrogen-bond donors (Lipinski definition) is 3. The Morgan fingerprint density at radius 2 is 1.80 bits per heavy atom. The molecule has 0 amide bonds. The number of nitrogens with one attached hydrogen (secondary N) is 1. The number of aliphatic hydroxyl groups is 2. The first kappa shape index (κ1) is 14.8. The third-order valence-corrected chi connectivity index (χ3v) is 2.99. The minimum absolute atomic E-state index is 0.0109. The summed E-state index contributed by atoms with van der Waals surface area (Å²) < 4.78 is 5.12. The zero-order chi connectivity index (χ0) is 11.6. The maximum Gasteiger partial charge on any atom is 0.0698 e. The SMILES string of the molecule is CCC(CC)(CO)CNCCOCCO. The molecule has 0 fully saturated rings. The van der Waals surface area contributed by atoms with Gasteiger partial charge in [0.25, 0.3) is 0 Å². The van der Waals surface area contributed by atoms with E-state index in [1.165, 1.54) is 0 Å². The van der Waals surface area contributed by atoms with Crippen molar-refractivity contribution < 1.29 is 14.9 Å². The van der Waals surface area contributed by atoms with Crippen molar-refractivity contribution in [3.8, 4) is 0 Å². The zero-order valence-electron chi connectivity index (χ0n) is 9.96. The monoisotopic (exact) mass is 219 g/mol. The minimum Gasteiger partial charge on any atom is -0.396 e. The molecule has 0 unspecified atom stereocenters. The normalized spacial score (nSPS) is 12.0. The molecule has 0 rings (SSSR count). The second-order valence-electron chi connectivity index (χ2n) is 3.88. The van der Waals surface area contributed by atoms with Crippen molar-refractivity contribution >= 4 is 0 Å². The molecule has 0 saturated carbocycles. The lowest BCUT2D eigenvalue weighted by molar-refractivity contribution is 0.0845. The van der Waals surface area contributed by atoms with E-state index in [-0.39, 0.29) is 18.6 Å². The van der Waals surface area contributed by atoms with Crippen LogP contribution in [-0.2, 0) is 4.74 Å². The van der Waals surface area contributed by atoms with Crippen LogP contribution in [0.2, 0.25) is 0 Å². The summed E-state index contributed by atoms with van der Waals surface area (Å²) in [5.41, 5.74) is 0.0109. The second-order valence-corrected chi connectivity index (χ2v) is 3.88. The van der Waals surface area contributed by atoms with Crippen LogP contribution in [-0.4, -0.2) is 49.7 Å². The highest BCUT2D eigenvalue weighted by Crippen LogP contribution is 2.24. The first-order valence-corrected chi connectivity index (χ1v) is 5.75. The summed E-state index contributed by atoms with van der Waals surface area (Å²) in [5.74, 6) is 0. The predicted octanol–water partition coefficient (Wildman–Crippen LogP) is 0.384. The van der Waals surface area contributed by atoms with Crippen molar-refractivity contribution in [3.05, 3.63) is 0 Å². The van der Waals surface area contributed by atoms with Crippen LogP contribution in [0.15, 0.2) is 0 Å². The van der Waals surface area contributed by atoms with Gasteiger partial charge in [0.15, 0.2) is 0 Å². The topological polar surface area (TPSA) is 61.7 Å². The van der Waals surface area contributed by atoms with Gasteiger partial charge in [-0.3, -0.25) is 0 Å². The molecule has 0 saturated heterocycles. The maximum atomic E-state index is 9.31. The molecule has 4 nitrogen and oxygen atoms in total. The largest absolute Gasteiger partial charge is 0.396 e. The van der Waals surface area contributed by atoms with Crippen molar-refractivity contribution in [3.63, 3.8) is 0 Å². The van der Waals surface area contributed by atoms with Gasteiger partial charge in [-0.25, -0.2) is 0 Å². The van der Waals surface area contributed by atoms with Gasteiger partial charge in [0.1, 0.15) is 0 Å². The molecule has 15 heavy (non-hydrogen) atoms. The Morgan fingerprint density at radius 1 is 1.13 bits per heavy atom. The molecule has 0 spiro atoms. The Morgan fingerprint density at radius 3 is 2.27 bits per heavy atom. The van der Waals surface area contributed by atoms with E-state index in [1.807, 2.05) is 0 Å². The van der Waals surface area contributed by atoms with Gasteiger partial charge in [0.05, 0.1) is 19.8 Å². The number of hydrogen-bond acceptors (Lipinski definition) is 4. The summed E-state index contributed by atoms with van der Waals surface area (Å²) in [7, 11) is 0. The van der Waals surface area contributed by atoms with Crippen LogP contribution in [0.1, 0.15) is 26.7 Å². The third kappa shape index (κ3) is 6.10. The van der Waals surface area contributed by atoms with Gasteiger partial charge in [-0.15, -0.1) is 0 Å². The quantitative estimate of drug-likeness (QED) is 0.465. The van der Waals surface area contributed by atoms with Crippen LogP contribution in [0, 0.1) is 5.41 Å². The molecule has 92 valence electrons. The standard InChI is InChI=1S/C11H25NO3/c1-3-11(4-2,10-14)9-12-5-7-15-8-6-13/h12-14H,3-10H2,1-2H3. The Hall–Kier alpha value is -0.160. The van der Waals surface area contributed by atoms with Gasteiger partial charge in [0, 0.05) is 25.1 Å². The van der Waals surface area contributed by atoms with Crippen molar-refractivity contribution in [2.75, 3.05) is 39.5 Å². The van der Waals surface area contributed by atoms with Gasteiger partial charge in [-0.05, 0) is 12.8 Å². The van der Waals surface area contributed by atoms with Crippen molar-refractivity contribution in [1.82, 2.24) is 5.32 Å². The molecule has 3 N–H and O–H groups in total. The summed E-state index contributed by atoms with van der Waals surface area (Å²) in [5, 5.41) is 21.1. The summed E-state index contributed by atoms with van der Waals surface area (Å²) in [6.45, 7) is 7.09. The molecule has 0 aliphatic heterocycles. The van der Waals surface area contributed by atoms with Crippen LogP contribution in [0.3, 0.4) is 0 Å². The molecule has 0 radical (unpaired) electrons. The van der Waals surface area contributed by atoms with Crippen molar-refractivity contribution in [2.24, 2.45) is 5.41 Å². The van der Waals surface area contributed by atoms with Crippen LogP contribution in [0.4, 0.5) is 0 Å². The van der Waals surface area contributed by atoms with Gasteiger partial charge < -0.3 is 20.3 Å². The average molecular weight is 219 g/mol. The predicted molar refractivity (Wildman–Crippen MR) is 60.9 cm³/mol. The maximum absolute atomic E-state index is 9.31. The highest BCUT2D eigenvalue weighted by Gasteiger charge is 2.24. The van der Waals surface area contributed by atoms with Crippen LogP contribution < -0.4 is 5.32 Å². The molecule has 0 aromatic carbocycles. The Balaban J connectivity index is 3.54. The highest BCUT2D eigenvalue weighted by atomic mass is 16.5. The average Bonchev–Trinajstić information content (AvgIpc) is 2.29. The fourth-order valence-corrected chi connectivity index (χ4v) is 1.44. The molecule has 0 bridgehead atoms. The van der Waals surface area contributed by atoms with Gasteiger partial charge in [0.2, 0.25) is 0 Å². The molecule has 0 aliphatic carbocycles. The van der Waals surface area contributed by atoms with Crippen LogP contribution in [0.5, 0.6) is 0 Å². The second kappa shape index (κ2) is 9.09. The molecule has 0 aliphatic rings. The molecule has 0 heterocycles. The smallest absolute Gasteiger partial charge is 0.0698 e. The lowest BCUT2D eigenvalue weighted by Gasteiger charge is -2.29. The first-order valence-electron chi connectivity index (χ1n) is 5.75. The highest BCUT2D eigenvalue weighted by molar-refractivity contribution is 4.77. The van der Waals surface area contributed by atoms with Crippen LogP contribution >= 0.6 is 0 Å². The Bertz CT molecular complexity index is 130. The van der Waals surface area contributed by atoms with Crippen LogP contribution in [0.25, 0.3) is 0 Å². The van der Waals surface area contributed by atoms with E-state index < -0.39 is 0 Å². The molecule has 0 atom stereocenters. The number of aliphatic hydroxyl groups excluding tert-OH is 2. The van der Waals surface area contributed by atoms with Gasteiger partial charge in [-0.1, -0.05) is 13.8 Å². The minimum atomic E-state index is 0.0109. The fraction of sp³-hybridized carbons (Fsp3) is 1.00. The summed E-state index contributed by atoms with van der Waals surface area (Å²) in [6, 6.07) is 0. The third-order valence-electron chi connectivity index (χ3n) is 2.99. The van der Waals surface area contributed by atoms with E-state index in [4.69, 9.17) is 9.84 Å². The Kier molecular flexibility index (Phi) is 9.00. The van der Waals surface area contributed by atoms with E-state index in [0.29, 0.717) is 13.2 Å². The Labute approximate surface area is 92.6 Å². The summed E-state index contributed by atoms with van der Waals surface area (Å²) in [6.07, 6.45) is 1.95. The van der Waals surface area contributed by atoms with Crippen molar-refractivity contribution in [1.29, 1.82) is 0 Å². The molecular weight excluding hydrogens is 194 g/mol. The zero-order valence-corrected chi connectivity index (χ0v) is 9.96. The molecular formula is C11H25NO3. The molecule has 4 heteroatoms. The lowest BCUT2D eigenvalue weighted by atomic mass is 9.83. The van der Waals surface area contributed by atoms with E-state index in [1.54, 1.807) is 0 Å². The number of ether oxygens (including phenoxy) is 1. The molecule has 0 aromatic heterocycles. The van der Waals surface area contributed by atoms with Gasteiger partial charge >= 0.3 is 0 Å². The number of rotatable bonds is 10. The summed E-state index contributed by atoms with van der Waals surface area (Å²) >= 11 is 0. The van der Waals surface area contributed by atoms with E-state index in [0.717, 1.165) is 25.9 Å². The van der Waals surface area contributed by atoms with Gasteiger partial charge in [-0.2, -0.15) is 0 Å². The first-order chi connectivity index (χ1) is 7.24. The summed E-state index contributed by atoms with van der Waals surface area (Å²) in [4.78, 5) is 0. The molecule has 0 aromatic rings. The van der Waals surface area contributed by atoms with Crippen molar-refractivity contribution in [2.45, 2.75) is 26.7 Å². The fourth-order valence-electron chi connectivity index (χ4n) is 1.44. The lowest BCUT2D eigenvalue weighted by Crippen LogP contribution is -2.37. The van der Waals surface area contributed by atoms with E-state index >= 15 is 0 Å².